The molecule has 3 N–H and O–H groups in total. The molecule has 122 valence electrons. The van der Waals surface area contributed by atoms with Crippen LogP contribution >= 0.6 is 0 Å². The fourth-order valence-corrected chi connectivity index (χ4v) is 4.02. The number of urea groups is 1. The highest BCUT2D eigenvalue weighted by Gasteiger charge is 2.32. The van der Waals surface area contributed by atoms with Crippen LogP contribution in [0.3, 0.4) is 0 Å². The number of carboxylic acid groups (broad SMARTS) is 1. The SMILES string of the molecule is CC(C)(C)C(CC(=O)O)NC(=O)NCC1CCCS1(=O)=O. The van der Waals surface area contributed by atoms with E-state index in [1.807, 2.05) is 20.8 Å². The fourth-order valence-electron chi connectivity index (χ4n) is 2.25. The Labute approximate surface area is 125 Å². The second kappa shape index (κ2) is 6.64. The van der Waals surface area contributed by atoms with E-state index in [9.17, 15) is 18.0 Å². The summed E-state index contributed by atoms with van der Waals surface area (Å²) in [4.78, 5) is 22.7. The summed E-state index contributed by atoms with van der Waals surface area (Å²) in [5.41, 5.74) is -0.408. The Morgan fingerprint density at radius 1 is 1.33 bits per heavy atom. The zero-order valence-electron chi connectivity index (χ0n) is 12.7. The van der Waals surface area contributed by atoms with Gasteiger partial charge in [0.2, 0.25) is 0 Å². The van der Waals surface area contributed by atoms with Crippen LogP contribution in [0.25, 0.3) is 0 Å². The molecule has 1 aliphatic rings. The van der Waals surface area contributed by atoms with Crippen LogP contribution in [-0.4, -0.2) is 49.1 Å². The predicted molar refractivity (Wildman–Crippen MR) is 78.8 cm³/mol. The number of aliphatic carboxylic acids is 1. The van der Waals surface area contributed by atoms with E-state index in [1.54, 1.807) is 0 Å². The smallest absolute Gasteiger partial charge is 0.315 e. The van der Waals surface area contributed by atoms with E-state index in [1.165, 1.54) is 0 Å². The van der Waals surface area contributed by atoms with Gasteiger partial charge in [-0.1, -0.05) is 20.8 Å². The Morgan fingerprint density at radius 3 is 2.38 bits per heavy atom. The Kier molecular flexibility index (Phi) is 5.61. The molecule has 0 bridgehead atoms. The molecule has 2 atom stereocenters. The van der Waals surface area contributed by atoms with Crippen molar-refractivity contribution in [1.29, 1.82) is 0 Å². The first-order chi connectivity index (χ1) is 9.52. The molecule has 0 spiro atoms. The maximum absolute atomic E-state index is 11.8. The van der Waals surface area contributed by atoms with E-state index in [0.29, 0.717) is 12.8 Å². The predicted octanol–water partition coefficient (Wildman–Crippen LogP) is 0.752. The van der Waals surface area contributed by atoms with Gasteiger partial charge in [0, 0.05) is 12.6 Å². The minimum atomic E-state index is -3.10. The number of amides is 2. The topological polar surface area (TPSA) is 113 Å². The van der Waals surface area contributed by atoms with Crippen molar-refractivity contribution in [3.63, 3.8) is 0 Å². The monoisotopic (exact) mass is 320 g/mol. The minimum Gasteiger partial charge on any atom is -0.481 e. The summed E-state index contributed by atoms with van der Waals surface area (Å²) in [7, 11) is -3.10. The van der Waals surface area contributed by atoms with Gasteiger partial charge < -0.3 is 15.7 Å². The van der Waals surface area contributed by atoms with Crippen molar-refractivity contribution in [3.05, 3.63) is 0 Å². The Bertz CT molecular complexity index is 495. The first kappa shape index (κ1) is 17.7. The number of hydrogen-bond acceptors (Lipinski definition) is 4. The molecule has 0 radical (unpaired) electrons. The summed E-state index contributed by atoms with van der Waals surface area (Å²) < 4.78 is 23.3. The third kappa shape index (κ3) is 5.53. The number of nitrogens with one attached hydrogen (secondary N) is 2. The van der Waals surface area contributed by atoms with Crippen LogP contribution in [0, 0.1) is 5.41 Å². The molecule has 7 nitrogen and oxygen atoms in total. The Balaban J connectivity index is 2.53. The second-order valence-electron chi connectivity index (χ2n) is 6.50. The molecule has 1 rings (SSSR count). The molecular weight excluding hydrogens is 296 g/mol. The van der Waals surface area contributed by atoms with Gasteiger partial charge in [-0.15, -0.1) is 0 Å². The number of carboxylic acids is 1. The van der Waals surface area contributed by atoms with Crippen LogP contribution in [0.15, 0.2) is 0 Å². The van der Waals surface area contributed by atoms with Crippen molar-refractivity contribution in [3.8, 4) is 0 Å². The quantitative estimate of drug-likeness (QED) is 0.692. The van der Waals surface area contributed by atoms with Crippen molar-refractivity contribution in [2.75, 3.05) is 12.3 Å². The van der Waals surface area contributed by atoms with E-state index in [2.05, 4.69) is 10.6 Å². The molecule has 0 aromatic heterocycles. The summed E-state index contributed by atoms with van der Waals surface area (Å²) in [6, 6.07) is -1.06. The minimum absolute atomic E-state index is 0.0676. The number of carbonyl (C=O) groups excluding carboxylic acids is 1. The van der Waals surface area contributed by atoms with E-state index in [-0.39, 0.29) is 18.7 Å². The highest BCUT2D eigenvalue weighted by molar-refractivity contribution is 7.92. The maximum Gasteiger partial charge on any atom is 0.315 e. The van der Waals surface area contributed by atoms with Crippen molar-refractivity contribution < 1.29 is 23.1 Å². The first-order valence-corrected chi connectivity index (χ1v) is 8.71. The molecule has 1 aliphatic heterocycles. The fraction of sp³-hybridized carbons (Fsp3) is 0.846. The third-order valence-corrected chi connectivity index (χ3v) is 5.96. The molecule has 2 unspecified atom stereocenters. The molecule has 0 aromatic rings. The van der Waals surface area contributed by atoms with Crippen molar-refractivity contribution in [2.24, 2.45) is 5.41 Å². The van der Waals surface area contributed by atoms with Gasteiger partial charge in [0.25, 0.3) is 0 Å². The largest absolute Gasteiger partial charge is 0.481 e. The van der Waals surface area contributed by atoms with Gasteiger partial charge in [-0.2, -0.15) is 0 Å². The summed E-state index contributed by atoms with van der Waals surface area (Å²) in [5, 5.41) is 13.5. The molecule has 0 saturated carbocycles. The van der Waals surface area contributed by atoms with Crippen LogP contribution in [0.2, 0.25) is 0 Å². The number of rotatable bonds is 5. The average Bonchev–Trinajstić information content (AvgIpc) is 2.63. The Hall–Kier alpha value is -1.31. The maximum atomic E-state index is 11.8. The molecule has 1 fully saturated rings. The number of hydrogen-bond donors (Lipinski definition) is 3. The summed E-state index contributed by atoms with van der Waals surface area (Å²) >= 11 is 0. The lowest BCUT2D eigenvalue weighted by molar-refractivity contribution is -0.138. The van der Waals surface area contributed by atoms with Gasteiger partial charge in [-0.3, -0.25) is 4.79 Å². The summed E-state index contributed by atoms with van der Waals surface area (Å²) in [6.45, 7) is 5.57. The normalized spacial score (nSPS) is 22.5. The van der Waals surface area contributed by atoms with Gasteiger partial charge in [0.05, 0.1) is 17.4 Å². The van der Waals surface area contributed by atoms with Gasteiger partial charge in [-0.25, -0.2) is 13.2 Å². The van der Waals surface area contributed by atoms with Crippen LogP contribution in [0.1, 0.15) is 40.0 Å². The molecule has 0 aromatic carbocycles. The molecule has 8 heteroatoms. The average molecular weight is 320 g/mol. The molecule has 1 saturated heterocycles. The summed E-state index contributed by atoms with van der Waals surface area (Å²) in [6.07, 6.45) is 0.999. The zero-order valence-corrected chi connectivity index (χ0v) is 13.5. The van der Waals surface area contributed by atoms with Crippen LogP contribution in [-0.2, 0) is 14.6 Å². The lowest BCUT2D eigenvalue weighted by Gasteiger charge is -2.30. The van der Waals surface area contributed by atoms with E-state index in [0.717, 1.165) is 0 Å². The summed E-state index contributed by atoms with van der Waals surface area (Å²) in [5.74, 6) is -0.821. The van der Waals surface area contributed by atoms with Crippen LogP contribution < -0.4 is 10.6 Å². The van der Waals surface area contributed by atoms with Gasteiger partial charge in [0.1, 0.15) is 0 Å². The lowest BCUT2D eigenvalue weighted by Crippen LogP contribution is -2.50. The first-order valence-electron chi connectivity index (χ1n) is 7.00. The molecule has 1 heterocycles. The van der Waals surface area contributed by atoms with Crippen molar-refractivity contribution >= 4 is 21.8 Å². The van der Waals surface area contributed by atoms with Crippen molar-refractivity contribution in [2.45, 2.75) is 51.3 Å². The molecule has 0 aliphatic carbocycles. The van der Waals surface area contributed by atoms with Gasteiger partial charge >= 0.3 is 12.0 Å². The lowest BCUT2D eigenvalue weighted by atomic mass is 9.85. The van der Waals surface area contributed by atoms with Gasteiger partial charge in [0.15, 0.2) is 9.84 Å². The highest BCUT2D eigenvalue weighted by Crippen LogP contribution is 2.22. The van der Waals surface area contributed by atoms with Crippen LogP contribution in [0.4, 0.5) is 4.79 Å². The standard InChI is InChI=1S/C13H24N2O5S/c1-13(2,3)10(7-11(16)17)15-12(18)14-8-9-5-4-6-21(9,19)20/h9-10H,4-8H2,1-3H3,(H,16,17)(H2,14,15,18). The Morgan fingerprint density at radius 2 is 1.95 bits per heavy atom. The van der Waals surface area contributed by atoms with E-state index < -0.39 is 38.5 Å². The molecule has 2 amide bonds. The molecule has 21 heavy (non-hydrogen) atoms. The van der Waals surface area contributed by atoms with Gasteiger partial charge in [-0.05, 0) is 18.3 Å². The highest BCUT2D eigenvalue weighted by atomic mass is 32.2. The number of sulfone groups is 1. The number of carbonyl (C=O) groups is 2. The second-order valence-corrected chi connectivity index (χ2v) is 8.90. The van der Waals surface area contributed by atoms with Crippen molar-refractivity contribution in [1.82, 2.24) is 10.6 Å². The van der Waals surface area contributed by atoms with Crippen LogP contribution in [0.5, 0.6) is 0 Å². The third-order valence-electron chi connectivity index (χ3n) is 3.68. The van der Waals surface area contributed by atoms with E-state index >= 15 is 0 Å². The molecular formula is C13H24N2O5S. The zero-order chi connectivity index (χ0) is 16.3. The van der Waals surface area contributed by atoms with E-state index in [4.69, 9.17) is 5.11 Å².